The summed E-state index contributed by atoms with van der Waals surface area (Å²) in [5.41, 5.74) is 3.08. The van der Waals surface area contributed by atoms with Gasteiger partial charge in [-0.1, -0.05) is 71.0 Å². The van der Waals surface area contributed by atoms with Crippen LogP contribution in [0.5, 0.6) is 0 Å². The van der Waals surface area contributed by atoms with Crippen LogP contribution in [0.25, 0.3) is 0 Å². The second kappa shape index (κ2) is 4.62. The molecule has 0 saturated carbocycles. The first-order chi connectivity index (χ1) is 9.14. The highest BCUT2D eigenvalue weighted by Crippen LogP contribution is 2.43. The molecule has 0 unspecified atom stereocenters. The quantitative estimate of drug-likeness (QED) is 0.845. The summed E-state index contributed by atoms with van der Waals surface area (Å²) in [5, 5.41) is 11.3. The fourth-order valence-corrected chi connectivity index (χ4v) is 3.32. The van der Waals surface area contributed by atoms with E-state index in [1.54, 1.807) is 0 Å². The molecule has 2 aromatic rings. The lowest BCUT2D eigenvalue weighted by atomic mass is 9.83. The van der Waals surface area contributed by atoms with Gasteiger partial charge >= 0.3 is 0 Å². The number of hydrogen-bond acceptors (Lipinski definition) is 1. The number of aliphatic hydroxyl groups is 1. The predicted octanol–water partition coefficient (Wildman–Crippen LogP) is 3.93. The van der Waals surface area contributed by atoms with Gasteiger partial charge in [0.1, 0.15) is 5.60 Å². The smallest absolute Gasteiger partial charge is 0.146 e. The number of fused-ring (bicyclic) bond motifs is 2. The molecule has 0 aliphatic heterocycles. The van der Waals surface area contributed by atoms with Gasteiger partial charge in [-0.2, -0.15) is 0 Å². The molecule has 96 valence electrons. The van der Waals surface area contributed by atoms with Crippen molar-refractivity contribution in [1.29, 1.82) is 0 Å². The van der Waals surface area contributed by atoms with Crippen LogP contribution in [0.3, 0.4) is 0 Å². The number of benzene rings is 2. The lowest BCUT2D eigenvalue weighted by Gasteiger charge is -2.30. The average molecular weight is 315 g/mol. The van der Waals surface area contributed by atoms with E-state index >= 15 is 0 Å². The second-order valence-electron chi connectivity index (χ2n) is 4.93. The van der Waals surface area contributed by atoms with Crippen molar-refractivity contribution in [2.45, 2.75) is 18.4 Å². The zero-order valence-electron chi connectivity index (χ0n) is 10.6. The van der Waals surface area contributed by atoms with Crippen molar-refractivity contribution in [1.82, 2.24) is 0 Å². The molecule has 0 aromatic heterocycles. The zero-order chi connectivity index (χ0) is 13.5. The Morgan fingerprint density at radius 1 is 0.947 bits per heavy atom. The average Bonchev–Trinajstić information content (AvgIpc) is 2.56. The maximum Gasteiger partial charge on any atom is 0.146 e. The normalized spacial score (nSPS) is 16.1. The van der Waals surface area contributed by atoms with Gasteiger partial charge < -0.3 is 5.11 Å². The highest BCUT2D eigenvalue weighted by atomic mass is 79.9. The summed E-state index contributed by atoms with van der Waals surface area (Å²) in [7, 11) is 0. The molecule has 1 nitrogen and oxygen atoms in total. The van der Waals surface area contributed by atoms with E-state index in [-0.39, 0.29) is 0 Å². The van der Waals surface area contributed by atoms with Crippen molar-refractivity contribution in [3.8, 4) is 0 Å². The van der Waals surface area contributed by atoms with Crippen LogP contribution in [-0.2, 0) is 18.4 Å². The standard InChI is InChI=1S/C17H15BrO/c1-12(18)17(19)15-8-4-2-6-13(15)10-11-14-7-3-5-9-16(14)17/h2-9,19H,1,10-11H2. The molecule has 1 aliphatic carbocycles. The van der Waals surface area contributed by atoms with Gasteiger partial charge in [0.05, 0.1) is 0 Å². The van der Waals surface area contributed by atoms with E-state index in [9.17, 15) is 5.11 Å². The van der Waals surface area contributed by atoms with Crippen molar-refractivity contribution < 1.29 is 5.11 Å². The van der Waals surface area contributed by atoms with Gasteiger partial charge in [-0.3, -0.25) is 0 Å². The van der Waals surface area contributed by atoms with E-state index in [0.717, 1.165) is 24.0 Å². The molecule has 0 radical (unpaired) electrons. The third kappa shape index (κ3) is 1.87. The molecule has 0 fully saturated rings. The van der Waals surface area contributed by atoms with Gasteiger partial charge in [-0.25, -0.2) is 0 Å². The van der Waals surface area contributed by atoms with E-state index < -0.39 is 5.60 Å². The third-order valence-corrected chi connectivity index (χ3v) is 4.44. The summed E-state index contributed by atoms with van der Waals surface area (Å²) < 4.78 is 0.585. The van der Waals surface area contributed by atoms with E-state index in [2.05, 4.69) is 34.6 Å². The molecule has 0 atom stereocenters. The van der Waals surface area contributed by atoms with E-state index in [1.165, 1.54) is 11.1 Å². The summed E-state index contributed by atoms with van der Waals surface area (Å²) in [6.45, 7) is 3.96. The van der Waals surface area contributed by atoms with Crippen molar-refractivity contribution in [3.63, 3.8) is 0 Å². The van der Waals surface area contributed by atoms with Crippen molar-refractivity contribution in [2.24, 2.45) is 0 Å². The summed E-state index contributed by atoms with van der Waals surface area (Å²) in [6, 6.07) is 16.1. The first-order valence-electron chi connectivity index (χ1n) is 6.38. The molecule has 0 heterocycles. The first kappa shape index (κ1) is 12.6. The highest BCUT2D eigenvalue weighted by Gasteiger charge is 2.38. The number of halogens is 1. The molecular weight excluding hydrogens is 300 g/mol. The van der Waals surface area contributed by atoms with Crippen LogP contribution in [0, 0.1) is 0 Å². The largest absolute Gasteiger partial charge is 0.376 e. The van der Waals surface area contributed by atoms with Crippen molar-refractivity contribution in [3.05, 3.63) is 81.8 Å². The molecule has 3 rings (SSSR count). The maximum atomic E-state index is 11.3. The van der Waals surface area contributed by atoms with Crippen LogP contribution in [0.1, 0.15) is 22.3 Å². The molecule has 0 spiro atoms. The molecule has 2 aromatic carbocycles. The Morgan fingerprint density at radius 2 is 1.37 bits per heavy atom. The molecule has 19 heavy (non-hydrogen) atoms. The van der Waals surface area contributed by atoms with Gasteiger partial charge in [-0.05, 0) is 35.1 Å². The molecule has 1 N–H and O–H groups in total. The zero-order valence-corrected chi connectivity index (χ0v) is 12.2. The molecule has 0 amide bonds. The van der Waals surface area contributed by atoms with Gasteiger partial charge in [0.25, 0.3) is 0 Å². The Bertz CT molecular complexity index is 598. The fraction of sp³-hybridized carbons (Fsp3) is 0.176. The van der Waals surface area contributed by atoms with E-state index in [0.29, 0.717) is 4.48 Å². The van der Waals surface area contributed by atoms with Crippen molar-refractivity contribution in [2.75, 3.05) is 0 Å². The molecule has 1 aliphatic rings. The third-order valence-electron chi connectivity index (χ3n) is 3.87. The Balaban J connectivity index is 2.35. The summed E-state index contributed by atoms with van der Waals surface area (Å²) in [5.74, 6) is 0. The van der Waals surface area contributed by atoms with Crippen LogP contribution in [0.2, 0.25) is 0 Å². The van der Waals surface area contributed by atoms with Gasteiger partial charge in [0.2, 0.25) is 0 Å². The molecule has 0 saturated heterocycles. The van der Waals surface area contributed by atoms with Crippen LogP contribution >= 0.6 is 15.9 Å². The van der Waals surface area contributed by atoms with E-state index in [1.807, 2.05) is 36.4 Å². The summed E-state index contributed by atoms with van der Waals surface area (Å²) in [6.07, 6.45) is 1.88. The van der Waals surface area contributed by atoms with Crippen LogP contribution in [-0.4, -0.2) is 5.11 Å². The summed E-state index contributed by atoms with van der Waals surface area (Å²) >= 11 is 3.42. The van der Waals surface area contributed by atoms with Crippen LogP contribution in [0.15, 0.2) is 59.6 Å². The minimum atomic E-state index is -1.15. The second-order valence-corrected chi connectivity index (χ2v) is 5.89. The number of aryl methyl sites for hydroxylation is 2. The Morgan fingerprint density at radius 3 is 1.79 bits per heavy atom. The number of hydrogen-bond donors (Lipinski definition) is 1. The van der Waals surface area contributed by atoms with Gasteiger partial charge in [0.15, 0.2) is 0 Å². The molecule has 2 heteroatoms. The highest BCUT2D eigenvalue weighted by molar-refractivity contribution is 9.11. The minimum Gasteiger partial charge on any atom is -0.376 e. The van der Waals surface area contributed by atoms with Gasteiger partial charge in [0, 0.05) is 4.48 Å². The molecule has 0 bridgehead atoms. The predicted molar refractivity (Wildman–Crippen MR) is 81.4 cm³/mol. The minimum absolute atomic E-state index is 0.585. The van der Waals surface area contributed by atoms with Crippen LogP contribution in [0.4, 0.5) is 0 Å². The maximum absolute atomic E-state index is 11.3. The Kier molecular flexibility index (Phi) is 3.08. The Hall–Kier alpha value is -1.38. The van der Waals surface area contributed by atoms with Crippen molar-refractivity contribution >= 4 is 15.9 Å². The lowest BCUT2D eigenvalue weighted by molar-refractivity contribution is 0.131. The first-order valence-corrected chi connectivity index (χ1v) is 7.17. The Labute approximate surface area is 121 Å². The topological polar surface area (TPSA) is 20.2 Å². The van der Waals surface area contributed by atoms with E-state index in [4.69, 9.17) is 0 Å². The SMILES string of the molecule is C=C(Br)C1(O)c2ccccc2CCc2ccccc21. The lowest BCUT2D eigenvalue weighted by Crippen LogP contribution is -2.28. The summed E-state index contributed by atoms with van der Waals surface area (Å²) in [4.78, 5) is 0. The van der Waals surface area contributed by atoms with Crippen LogP contribution < -0.4 is 0 Å². The fourth-order valence-electron chi connectivity index (χ4n) is 2.89. The number of rotatable bonds is 1. The molecular formula is C17H15BrO. The monoisotopic (exact) mass is 314 g/mol. The van der Waals surface area contributed by atoms with Gasteiger partial charge in [-0.15, -0.1) is 0 Å².